The second kappa shape index (κ2) is 5.52. The summed E-state index contributed by atoms with van der Waals surface area (Å²) in [5, 5.41) is 11.6. The van der Waals surface area contributed by atoms with Crippen LogP contribution in [0.5, 0.6) is 0 Å². The van der Waals surface area contributed by atoms with E-state index < -0.39 is 0 Å². The minimum Gasteiger partial charge on any atom is -0.326 e. The van der Waals surface area contributed by atoms with Gasteiger partial charge in [0.2, 0.25) is 5.91 Å². The molecule has 0 saturated carbocycles. The van der Waals surface area contributed by atoms with Gasteiger partial charge in [0.15, 0.2) is 0 Å². The third-order valence-electron chi connectivity index (χ3n) is 4.24. The highest BCUT2D eigenvalue weighted by atomic mass is 16.2. The average Bonchev–Trinajstić information content (AvgIpc) is 2.88. The van der Waals surface area contributed by atoms with E-state index in [1.165, 1.54) is 5.56 Å². The first kappa shape index (κ1) is 14.0. The Morgan fingerprint density at radius 1 is 1.26 bits per heavy atom. The molecule has 23 heavy (non-hydrogen) atoms. The van der Waals surface area contributed by atoms with Gasteiger partial charge in [0.25, 0.3) is 0 Å². The number of anilines is 1. The smallest absolute Gasteiger partial charge is 0.230 e. The van der Waals surface area contributed by atoms with Crippen LogP contribution in [0, 0.1) is 12.8 Å². The van der Waals surface area contributed by atoms with Crippen LogP contribution >= 0.6 is 0 Å². The van der Waals surface area contributed by atoms with Crippen LogP contribution in [0.4, 0.5) is 5.69 Å². The highest BCUT2D eigenvalue weighted by Gasteiger charge is 2.24. The number of hydrogen-bond acceptors (Lipinski definition) is 3. The Bertz CT molecular complexity index is 880. The molecule has 1 aliphatic rings. The quantitative estimate of drug-likeness (QED) is 0.781. The Labute approximate surface area is 134 Å². The third-order valence-corrected chi connectivity index (χ3v) is 4.24. The summed E-state index contributed by atoms with van der Waals surface area (Å²) in [5.41, 5.74) is 4.00. The van der Waals surface area contributed by atoms with Crippen molar-refractivity contribution in [1.29, 1.82) is 0 Å². The summed E-state index contributed by atoms with van der Waals surface area (Å²) < 4.78 is 1.91. The van der Waals surface area contributed by atoms with E-state index in [1.807, 2.05) is 41.2 Å². The lowest BCUT2D eigenvalue weighted by molar-refractivity contribution is -0.121. The molecule has 0 atom stereocenters. The van der Waals surface area contributed by atoms with Gasteiger partial charge in [-0.15, -0.1) is 0 Å². The molecule has 3 aromatic rings. The Kier molecular flexibility index (Phi) is 3.35. The standard InChI is InChI=1S/C18H18N4O/c1-12-3-2-4-16(7-12)22-17-8-15(6-5-13(17)11-20-22)21-18(23)14-9-19-10-14/h2-8,11,14,19H,9-10H2,1H3,(H,21,23). The summed E-state index contributed by atoms with van der Waals surface area (Å²) in [6.45, 7) is 3.58. The SMILES string of the molecule is Cc1cccc(-n2ncc3ccc(NC(=O)C4CNC4)cc32)c1. The van der Waals surface area contributed by atoms with Crippen molar-refractivity contribution in [3.63, 3.8) is 0 Å². The average molecular weight is 306 g/mol. The van der Waals surface area contributed by atoms with E-state index in [1.54, 1.807) is 0 Å². The molecule has 5 nitrogen and oxygen atoms in total. The maximum absolute atomic E-state index is 12.1. The van der Waals surface area contributed by atoms with E-state index >= 15 is 0 Å². The number of nitrogens with zero attached hydrogens (tertiary/aromatic N) is 2. The molecule has 4 rings (SSSR count). The number of carbonyl (C=O) groups excluding carboxylic acids is 1. The van der Waals surface area contributed by atoms with Gasteiger partial charge in [-0.25, -0.2) is 4.68 Å². The fourth-order valence-electron chi connectivity index (χ4n) is 2.78. The molecule has 0 unspecified atom stereocenters. The summed E-state index contributed by atoms with van der Waals surface area (Å²) in [4.78, 5) is 12.1. The fourth-order valence-corrected chi connectivity index (χ4v) is 2.78. The lowest BCUT2D eigenvalue weighted by Gasteiger charge is -2.25. The van der Waals surface area contributed by atoms with Crippen LogP contribution in [0.2, 0.25) is 0 Å². The number of nitrogens with one attached hydrogen (secondary N) is 2. The Morgan fingerprint density at radius 3 is 2.87 bits per heavy atom. The molecule has 0 spiro atoms. The first-order valence-electron chi connectivity index (χ1n) is 7.77. The van der Waals surface area contributed by atoms with Crippen molar-refractivity contribution in [3.8, 4) is 5.69 Å². The molecule has 2 N–H and O–H groups in total. The van der Waals surface area contributed by atoms with Crippen molar-refractivity contribution in [3.05, 3.63) is 54.2 Å². The first-order valence-corrected chi connectivity index (χ1v) is 7.77. The predicted octanol–water partition coefficient (Wildman–Crippen LogP) is 2.49. The van der Waals surface area contributed by atoms with Crippen molar-refractivity contribution in [2.45, 2.75) is 6.92 Å². The summed E-state index contributed by atoms with van der Waals surface area (Å²) in [6.07, 6.45) is 1.85. The van der Waals surface area contributed by atoms with Gasteiger partial charge in [0, 0.05) is 24.2 Å². The largest absolute Gasteiger partial charge is 0.326 e. The molecular weight excluding hydrogens is 288 g/mol. The molecule has 1 saturated heterocycles. The van der Waals surface area contributed by atoms with Crippen molar-refractivity contribution in [2.24, 2.45) is 5.92 Å². The van der Waals surface area contributed by atoms with E-state index in [9.17, 15) is 4.79 Å². The second-order valence-electron chi connectivity index (χ2n) is 6.01. The molecular formula is C18H18N4O. The van der Waals surface area contributed by atoms with Crippen LogP contribution in [0.3, 0.4) is 0 Å². The van der Waals surface area contributed by atoms with Crippen LogP contribution < -0.4 is 10.6 Å². The molecule has 1 aliphatic heterocycles. The molecule has 0 radical (unpaired) electrons. The van der Waals surface area contributed by atoms with Crippen LogP contribution in [0.15, 0.2) is 48.7 Å². The molecule has 116 valence electrons. The molecule has 2 aromatic carbocycles. The second-order valence-corrected chi connectivity index (χ2v) is 6.01. The molecule has 0 aliphatic carbocycles. The van der Waals surface area contributed by atoms with Gasteiger partial charge in [0.1, 0.15) is 0 Å². The van der Waals surface area contributed by atoms with E-state index in [2.05, 4.69) is 34.8 Å². The molecule has 1 aromatic heterocycles. The fraction of sp³-hybridized carbons (Fsp3) is 0.222. The van der Waals surface area contributed by atoms with Gasteiger partial charge >= 0.3 is 0 Å². The van der Waals surface area contributed by atoms with Crippen molar-refractivity contribution < 1.29 is 4.79 Å². The maximum Gasteiger partial charge on any atom is 0.230 e. The summed E-state index contributed by atoms with van der Waals surface area (Å²) in [5.74, 6) is 0.150. The molecule has 5 heteroatoms. The zero-order valence-corrected chi connectivity index (χ0v) is 12.9. The van der Waals surface area contributed by atoms with Gasteiger partial charge in [0.05, 0.1) is 23.3 Å². The highest BCUT2D eigenvalue weighted by Crippen LogP contribution is 2.23. The Balaban J connectivity index is 1.69. The van der Waals surface area contributed by atoms with E-state index in [4.69, 9.17) is 0 Å². The van der Waals surface area contributed by atoms with Crippen LogP contribution in [0.1, 0.15) is 5.56 Å². The number of hydrogen-bond donors (Lipinski definition) is 2. The van der Waals surface area contributed by atoms with E-state index in [0.717, 1.165) is 35.4 Å². The number of rotatable bonds is 3. The van der Waals surface area contributed by atoms with Crippen LogP contribution in [-0.4, -0.2) is 28.8 Å². The number of benzene rings is 2. The lowest BCUT2D eigenvalue weighted by Crippen LogP contribution is -2.48. The Morgan fingerprint density at radius 2 is 2.13 bits per heavy atom. The minimum absolute atomic E-state index is 0.0738. The number of fused-ring (bicyclic) bond motifs is 1. The van der Waals surface area contributed by atoms with Crippen LogP contribution in [-0.2, 0) is 4.79 Å². The minimum atomic E-state index is 0.0738. The molecule has 1 amide bonds. The monoisotopic (exact) mass is 306 g/mol. The zero-order chi connectivity index (χ0) is 15.8. The normalized spacial score (nSPS) is 14.7. The third kappa shape index (κ3) is 2.59. The van der Waals surface area contributed by atoms with Crippen molar-refractivity contribution in [2.75, 3.05) is 18.4 Å². The topological polar surface area (TPSA) is 59.0 Å². The van der Waals surface area contributed by atoms with Crippen molar-refractivity contribution in [1.82, 2.24) is 15.1 Å². The van der Waals surface area contributed by atoms with Crippen LogP contribution in [0.25, 0.3) is 16.6 Å². The van der Waals surface area contributed by atoms with E-state index in [0.29, 0.717) is 0 Å². The summed E-state index contributed by atoms with van der Waals surface area (Å²) >= 11 is 0. The Hall–Kier alpha value is -2.66. The highest BCUT2D eigenvalue weighted by molar-refractivity contribution is 5.95. The lowest BCUT2D eigenvalue weighted by atomic mass is 10.0. The number of aryl methyl sites for hydroxylation is 1. The van der Waals surface area contributed by atoms with Gasteiger partial charge < -0.3 is 10.6 Å². The molecule has 2 heterocycles. The molecule has 1 fully saturated rings. The van der Waals surface area contributed by atoms with E-state index in [-0.39, 0.29) is 11.8 Å². The number of amides is 1. The van der Waals surface area contributed by atoms with Gasteiger partial charge in [-0.2, -0.15) is 5.10 Å². The number of aromatic nitrogens is 2. The predicted molar refractivity (Wildman–Crippen MR) is 90.8 cm³/mol. The molecule has 0 bridgehead atoms. The van der Waals surface area contributed by atoms with Gasteiger partial charge in [-0.3, -0.25) is 4.79 Å². The zero-order valence-electron chi connectivity index (χ0n) is 12.9. The van der Waals surface area contributed by atoms with Gasteiger partial charge in [-0.1, -0.05) is 12.1 Å². The maximum atomic E-state index is 12.1. The summed E-state index contributed by atoms with van der Waals surface area (Å²) in [7, 11) is 0. The summed E-state index contributed by atoms with van der Waals surface area (Å²) in [6, 6.07) is 14.1. The van der Waals surface area contributed by atoms with Crippen molar-refractivity contribution >= 4 is 22.5 Å². The first-order chi connectivity index (χ1) is 11.2. The number of carbonyl (C=O) groups is 1. The van der Waals surface area contributed by atoms with Gasteiger partial charge in [-0.05, 0) is 42.8 Å².